The summed E-state index contributed by atoms with van der Waals surface area (Å²) in [6.07, 6.45) is -0.747. The number of hydrogen-bond donors (Lipinski definition) is 1. The van der Waals surface area contributed by atoms with Crippen molar-refractivity contribution in [3.63, 3.8) is 0 Å². The Hall–Kier alpha value is -2.25. The van der Waals surface area contributed by atoms with Crippen molar-refractivity contribution in [1.82, 2.24) is 15.2 Å². The lowest BCUT2D eigenvalue weighted by atomic mass is 9.94. The fourth-order valence-electron chi connectivity index (χ4n) is 2.99. The minimum absolute atomic E-state index is 0.0905. The SMILES string of the molecule is Cc1nc(CNC(=O)[C@H]2OCC(=O)N(C)[C@@H]2c2ccccc2C)cs1. The Balaban J connectivity index is 1.80. The second-order valence-corrected chi connectivity index (χ2v) is 7.18. The highest BCUT2D eigenvalue weighted by Crippen LogP contribution is 2.31. The van der Waals surface area contributed by atoms with Crippen LogP contribution in [-0.2, 0) is 20.9 Å². The number of aromatic nitrogens is 1. The Kier molecular flexibility index (Phi) is 5.15. The third kappa shape index (κ3) is 3.72. The second kappa shape index (κ2) is 7.33. The maximum absolute atomic E-state index is 12.7. The largest absolute Gasteiger partial charge is 0.356 e. The maximum atomic E-state index is 12.7. The summed E-state index contributed by atoms with van der Waals surface area (Å²) in [5, 5.41) is 5.76. The topological polar surface area (TPSA) is 71.5 Å². The van der Waals surface area contributed by atoms with E-state index in [1.165, 1.54) is 0 Å². The monoisotopic (exact) mass is 359 g/mol. The van der Waals surface area contributed by atoms with E-state index >= 15 is 0 Å². The van der Waals surface area contributed by atoms with Crippen LogP contribution >= 0.6 is 11.3 Å². The van der Waals surface area contributed by atoms with E-state index in [-0.39, 0.29) is 18.4 Å². The van der Waals surface area contributed by atoms with Gasteiger partial charge in [0.15, 0.2) is 6.10 Å². The van der Waals surface area contributed by atoms with Gasteiger partial charge in [-0.15, -0.1) is 11.3 Å². The average Bonchev–Trinajstić information content (AvgIpc) is 3.01. The van der Waals surface area contributed by atoms with Crippen LogP contribution in [-0.4, -0.2) is 41.5 Å². The van der Waals surface area contributed by atoms with Gasteiger partial charge in [0.1, 0.15) is 6.61 Å². The number of nitrogens with zero attached hydrogens (tertiary/aromatic N) is 2. The molecule has 1 aromatic heterocycles. The van der Waals surface area contributed by atoms with Crippen LogP contribution in [0.5, 0.6) is 0 Å². The van der Waals surface area contributed by atoms with Gasteiger partial charge >= 0.3 is 0 Å². The summed E-state index contributed by atoms with van der Waals surface area (Å²) in [5.41, 5.74) is 2.76. The number of amides is 2. The zero-order valence-electron chi connectivity index (χ0n) is 14.5. The average molecular weight is 359 g/mol. The number of carbonyl (C=O) groups is 2. The molecule has 1 fully saturated rings. The van der Waals surface area contributed by atoms with Crippen LogP contribution in [0.15, 0.2) is 29.6 Å². The quantitative estimate of drug-likeness (QED) is 0.906. The van der Waals surface area contributed by atoms with Crippen molar-refractivity contribution < 1.29 is 14.3 Å². The standard InChI is InChI=1S/C18H21N3O3S/c1-11-6-4-5-7-14(11)16-17(24-9-15(22)21(16)3)18(23)19-8-13-10-25-12(2)20-13/h4-7,10,16-17H,8-9H2,1-3H3,(H,19,23)/t16-,17+/m1/s1. The third-order valence-corrected chi connectivity index (χ3v) is 5.18. The molecule has 1 aromatic carbocycles. The van der Waals surface area contributed by atoms with Gasteiger partial charge in [0.05, 0.1) is 23.3 Å². The summed E-state index contributed by atoms with van der Waals surface area (Å²) in [4.78, 5) is 30.8. The van der Waals surface area contributed by atoms with Crippen molar-refractivity contribution in [2.75, 3.05) is 13.7 Å². The first-order valence-electron chi connectivity index (χ1n) is 8.09. The summed E-state index contributed by atoms with van der Waals surface area (Å²) < 4.78 is 5.62. The molecule has 0 bridgehead atoms. The van der Waals surface area contributed by atoms with E-state index in [9.17, 15) is 9.59 Å². The lowest BCUT2D eigenvalue weighted by Gasteiger charge is -2.38. The molecule has 2 aromatic rings. The number of benzene rings is 1. The molecule has 2 atom stereocenters. The highest BCUT2D eigenvalue weighted by atomic mass is 32.1. The van der Waals surface area contributed by atoms with Gasteiger partial charge < -0.3 is 15.0 Å². The molecule has 2 heterocycles. The van der Waals surface area contributed by atoms with Gasteiger partial charge in [0.2, 0.25) is 5.91 Å². The van der Waals surface area contributed by atoms with Crippen LogP contribution in [0, 0.1) is 13.8 Å². The first-order chi connectivity index (χ1) is 12.0. The van der Waals surface area contributed by atoms with E-state index in [1.807, 2.05) is 43.5 Å². The molecule has 1 N–H and O–H groups in total. The van der Waals surface area contributed by atoms with Gasteiger partial charge in [0.25, 0.3) is 5.91 Å². The number of thiazole rings is 1. The van der Waals surface area contributed by atoms with Crippen LogP contribution in [0.2, 0.25) is 0 Å². The van der Waals surface area contributed by atoms with Gasteiger partial charge in [0, 0.05) is 12.4 Å². The molecule has 0 aliphatic carbocycles. The van der Waals surface area contributed by atoms with Crippen molar-refractivity contribution in [3.8, 4) is 0 Å². The van der Waals surface area contributed by atoms with Crippen molar-refractivity contribution in [2.24, 2.45) is 0 Å². The van der Waals surface area contributed by atoms with Crippen molar-refractivity contribution in [3.05, 3.63) is 51.5 Å². The zero-order valence-corrected chi connectivity index (χ0v) is 15.3. The van der Waals surface area contributed by atoms with Gasteiger partial charge in [-0.1, -0.05) is 24.3 Å². The fourth-order valence-corrected chi connectivity index (χ4v) is 3.60. The predicted octanol–water partition coefficient (Wildman–Crippen LogP) is 1.97. The predicted molar refractivity (Wildman–Crippen MR) is 95.1 cm³/mol. The summed E-state index contributed by atoms with van der Waals surface area (Å²) in [7, 11) is 1.71. The van der Waals surface area contributed by atoms with E-state index in [0.29, 0.717) is 6.54 Å². The molecule has 0 saturated carbocycles. The van der Waals surface area contributed by atoms with Crippen LogP contribution in [0.1, 0.15) is 27.9 Å². The molecule has 1 aliphatic rings. The van der Waals surface area contributed by atoms with Crippen LogP contribution in [0.25, 0.3) is 0 Å². The highest BCUT2D eigenvalue weighted by Gasteiger charge is 2.40. The maximum Gasteiger partial charge on any atom is 0.252 e. The highest BCUT2D eigenvalue weighted by molar-refractivity contribution is 7.09. The minimum atomic E-state index is -0.747. The number of nitrogens with one attached hydrogen (secondary N) is 1. The molecule has 3 rings (SSSR count). The van der Waals surface area contributed by atoms with Crippen LogP contribution < -0.4 is 5.32 Å². The number of carbonyl (C=O) groups excluding carboxylic acids is 2. The van der Waals surface area contributed by atoms with Crippen LogP contribution in [0.3, 0.4) is 0 Å². The zero-order chi connectivity index (χ0) is 18.0. The summed E-state index contributed by atoms with van der Waals surface area (Å²) in [6, 6.07) is 7.30. The summed E-state index contributed by atoms with van der Waals surface area (Å²) in [6.45, 7) is 4.15. The fraction of sp³-hybridized carbons (Fsp3) is 0.389. The number of ether oxygens (including phenoxy) is 1. The van der Waals surface area contributed by atoms with Gasteiger partial charge in [-0.3, -0.25) is 9.59 Å². The number of likely N-dealkylation sites (N-methyl/N-ethyl adjacent to an activating group) is 1. The van der Waals surface area contributed by atoms with Gasteiger partial charge in [-0.25, -0.2) is 4.98 Å². The Bertz CT molecular complexity index is 789. The minimum Gasteiger partial charge on any atom is -0.356 e. The van der Waals surface area contributed by atoms with Crippen molar-refractivity contribution >= 4 is 23.2 Å². The van der Waals surface area contributed by atoms with Gasteiger partial charge in [-0.05, 0) is 25.0 Å². The molecule has 1 aliphatic heterocycles. The number of rotatable bonds is 4. The number of morpholine rings is 1. The lowest BCUT2D eigenvalue weighted by molar-refractivity contribution is -0.162. The smallest absolute Gasteiger partial charge is 0.252 e. The van der Waals surface area contributed by atoms with E-state index in [1.54, 1.807) is 23.3 Å². The first-order valence-corrected chi connectivity index (χ1v) is 8.97. The van der Waals surface area contributed by atoms with Crippen molar-refractivity contribution in [2.45, 2.75) is 32.5 Å². The van der Waals surface area contributed by atoms with E-state index in [2.05, 4.69) is 10.3 Å². The third-order valence-electron chi connectivity index (χ3n) is 4.36. The number of hydrogen-bond acceptors (Lipinski definition) is 5. The molecule has 7 heteroatoms. The molecular weight excluding hydrogens is 338 g/mol. The number of aryl methyl sites for hydroxylation is 2. The summed E-state index contributed by atoms with van der Waals surface area (Å²) >= 11 is 1.55. The molecular formula is C18H21N3O3S. The molecule has 6 nitrogen and oxygen atoms in total. The Morgan fingerprint density at radius 2 is 2.16 bits per heavy atom. The van der Waals surface area contributed by atoms with E-state index in [0.717, 1.165) is 21.8 Å². The van der Waals surface area contributed by atoms with Gasteiger partial charge in [-0.2, -0.15) is 0 Å². The Labute approximate surface area is 150 Å². The lowest BCUT2D eigenvalue weighted by Crippen LogP contribution is -2.53. The van der Waals surface area contributed by atoms with E-state index < -0.39 is 12.1 Å². The Morgan fingerprint density at radius 3 is 2.84 bits per heavy atom. The first kappa shape index (κ1) is 17.6. The molecule has 1 saturated heterocycles. The van der Waals surface area contributed by atoms with Crippen LogP contribution in [0.4, 0.5) is 0 Å². The second-order valence-electron chi connectivity index (χ2n) is 6.11. The molecule has 0 unspecified atom stereocenters. The summed E-state index contributed by atoms with van der Waals surface area (Å²) in [5.74, 6) is -0.370. The van der Waals surface area contributed by atoms with Crippen molar-refractivity contribution in [1.29, 1.82) is 0 Å². The molecule has 132 valence electrons. The molecule has 0 spiro atoms. The normalized spacial score (nSPS) is 20.6. The van der Waals surface area contributed by atoms with E-state index in [4.69, 9.17) is 4.74 Å². The molecule has 25 heavy (non-hydrogen) atoms. The molecule has 2 amide bonds. The Morgan fingerprint density at radius 1 is 1.40 bits per heavy atom. The molecule has 0 radical (unpaired) electrons.